The fourth-order valence-corrected chi connectivity index (χ4v) is 1.08. The molecule has 15 heavy (non-hydrogen) atoms. The third-order valence-corrected chi connectivity index (χ3v) is 1.95. The topological polar surface area (TPSA) is 52.6 Å². The third kappa shape index (κ3) is 5.88. The lowest BCUT2D eigenvalue weighted by Gasteiger charge is -2.04. The number of hydrogen-bond acceptors (Lipinski definition) is 4. The molecule has 0 N–H and O–H groups in total. The van der Waals surface area contributed by atoms with Gasteiger partial charge in [-0.2, -0.15) is 0 Å². The second-order valence-electron chi connectivity index (χ2n) is 3.09. The number of unbranched alkanes of at least 4 members (excludes halogenated alkanes) is 1. The van der Waals surface area contributed by atoms with Gasteiger partial charge in [0.15, 0.2) is 0 Å². The van der Waals surface area contributed by atoms with Crippen molar-refractivity contribution in [3.8, 4) is 0 Å². The fourth-order valence-electron chi connectivity index (χ4n) is 1.08. The molecule has 86 valence electrons. The number of esters is 2. The number of hydrogen-bond donors (Lipinski definition) is 0. The number of carbonyl (C=O) groups excluding carboxylic acids is 2. The highest BCUT2D eigenvalue weighted by Crippen LogP contribution is 2.10. The SMILES string of the molecule is CCC/C=C(\CCC(=O)OC)C(=O)OC. The number of carbonyl (C=O) groups is 2. The maximum Gasteiger partial charge on any atom is 0.333 e. The quantitative estimate of drug-likeness (QED) is 0.500. The van der Waals surface area contributed by atoms with Gasteiger partial charge in [0.2, 0.25) is 0 Å². The van der Waals surface area contributed by atoms with Crippen molar-refractivity contribution in [1.82, 2.24) is 0 Å². The van der Waals surface area contributed by atoms with Gasteiger partial charge in [0.05, 0.1) is 14.2 Å². The average Bonchev–Trinajstić information content (AvgIpc) is 2.27. The predicted molar refractivity (Wildman–Crippen MR) is 56.3 cm³/mol. The van der Waals surface area contributed by atoms with E-state index in [0.717, 1.165) is 12.8 Å². The molecule has 0 amide bonds. The van der Waals surface area contributed by atoms with Gasteiger partial charge in [-0.25, -0.2) is 4.79 Å². The Morgan fingerprint density at radius 1 is 1.13 bits per heavy atom. The van der Waals surface area contributed by atoms with Crippen molar-refractivity contribution in [2.45, 2.75) is 32.6 Å². The van der Waals surface area contributed by atoms with Crippen LogP contribution in [0.2, 0.25) is 0 Å². The average molecular weight is 214 g/mol. The third-order valence-electron chi connectivity index (χ3n) is 1.95. The van der Waals surface area contributed by atoms with E-state index in [1.54, 1.807) is 0 Å². The molecule has 0 aromatic heterocycles. The minimum absolute atomic E-state index is 0.209. The Bertz CT molecular complexity index is 243. The Labute approximate surface area is 90.2 Å². The molecule has 0 saturated carbocycles. The van der Waals surface area contributed by atoms with E-state index in [1.165, 1.54) is 14.2 Å². The van der Waals surface area contributed by atoms with E-state index in [1.807, 2.05) is 13.0 Å². The molecule has 0 aliphatic heterocycles. The summed E-state index contributed by atoms with van der Waals surface area (Å²) >= 11 is 0. The molecule has 0 aliphatic carbocycles. The number of rotatable bonds is 6. The minimum Gasteiger partial charge on any atom is -0.469 e. The second-order valence-corrected chi connectivity index (χ2v) is 3.09. The predicted octanol–water partition coefficient (Wildman–Crippen LogP) is 1.84. The molecule has 0 radical (unpaired) electrons. The van der Waals surface area contributed by atoms with Crippen LogP contribution in [0.25, 0.3) is 0 Å². The molecule has 0 spiro atoms. The molecule has 0 aromatic rings. The molecule has 0 rings (SSSR count). The summed E-state index contributed by atoms with van der Waals surface area (Å²) < 4.78 is 9.12. The van der Waals surface area contributed by atoms with Crippen molar-refractivity contribution in [2.75, 3.05) is 14.2 Å². The van der Waals surface area contributed by atoms with Crippen LogP contribution in [0.4, 0.5) is 0 Å². The smallest absolute Gasteiger partial charge is 0.333 e. The molecule has 0 fully saturated rings. The Balaban J connectivity index is 4.25. The van der Waals surface area contributed by atoms with Crippen molar-refractivity contribution in [2.24, 2.45) is 0 Å². The van der Waals surface area contributed by atoms with Gasteiger partial charge in [-0.1, -0.05) is 19.4 Å². The minimum atomic E-state index is -0.368. The van der Waals surface area contributed by atoms with Gasteiger partial charge in [-0.05, 0) is 12.8 Å². The summed E-state index contributed by atoms with van der Waals surface area (Å²) in [5.74, 6) is -0.686. The molecular formula is C11H18O4. The largest absolute Gasteiger partial charge is 0.469 e. The zero-order valence-electron chi connectivity index (χ0n) is 9.54. The van der Waals surface area contributed by atoms with E-state index < -0.39 is 0 Å². The van der Waals surface area contributed by atoms with Crippen LogP contribution in [0.3, 0.4) is 0 Å². The normalized spacial score (nSPS) is 11.0. The van der Waals surface area contributed by atoms with E-state index in [2.05, 4.69) is 9.47 Å². The Morgan fingerprint density at radius 2 is 1.80 bits per heavy atom. The molecule has 0 unspecified atom stereocenters. The molecular weight excluding hydrogens is 196 g/mol. The monoisotopic (exact) mass is 214 g/mol. The lowest BCUT2D eigenvalue weighted by Crippen LogP contribution is -2.08. The van der Waals surface area contributed by atoms with Crippen LogP contribution in [0.5, 0.6) is 0 Å². The van der Waals surface area contributed by atoms with Crippen LogP contribution in [0.15, 0.2) is 11.6 Å². The maximum atomic E-state index is 11.3. The van der Waals surface area contributed by atoms with Crippen molar-refractivity contribution in [3.63, 3.8) is 0 Å². The number of allylic oxidation sites excluding steroid dienone is 1. The van der Waals surface area contributed by atoms with Crippen LogP contribution in [-0.4, -0.2) is 26.2 Å². The molecule has 4 heteroatoms. The van der Waals surface area contributed by atoms with Gasteiger partial charge in [0.1, 0.15) is 0 Å². The molecule has 0 saturated heterocycles. The maximum absolute atomic E-state index is 11.3. The van der Waals surface area contributed by atoms with Gasteiger partial charge in [0.25, 0.3) is 0 Å². The summed E-state index contributed by atoms with van der Waals surface area (Å²) in [7, 11) is 2.66. The first kappa shape index (κ1) is 13.7. The van der Waals surface area contributed by atoms with Crippen LogP contribution in [-0.2, 0) is 19.1 Å². The highest BCUT2D eigenvalue weighted by Gasteiger charge is 2.11. The van der Waals surface area contributed by atoms with Gasteiger partial charge in [0, 0.05) is 12.0 Å². The summed E-state index contributed by atoms with van der Waals surface area (Å²) in [6.07, 6.45) is 4.17. The summed E-state index contributed by atoms with van der Waals surface area (Å²) in [6.45, 7) is 2.02. The zero-order chi connectivity index (χ0) is 11.7. The first-order valence-corrected chi connectivity index (χ1v) is 4.99. The van der Waals surface area contributed by atoms with Gasteiger partial charge in [-0.3, -0.25) is 4.79 Å². The van der Waals surface area contributed by atoms with Crippen molar-refractivity contribution in [3.05, 3.63) is 11.6 Å². The Hall–Kier alpha value is -1.32. The number of methoxy groups -OCH3 is 2. The summed E-state index contributed by atoms with van der Waals surface area (Å²) in [5.41, 5.74) is 0.546. The van der Waals surface area contributed by atoms with Crippen LogP contribution in [0, 0.1) is 0 Å². The summed E-state index contributed by atoms with van der Waals surface area (Å²) in [5, 5.41) is 0. The van der Waals surface area contributed by atoms with E-state index in [0.29, 0.717) is 12.0 Å². The molecule has 0 atom stereocenters. The van der Waals surface area contributed by atoms with E-state index in [-0.39, 0.29) is 18.4 Å². The van der Waals surface area contributed by atoms with Gasteiger partial charge in [-0.15, -0.1) is 0 Å². The standard InChI is InChI=1S/C11H18O4/c1-4-5-6-9(11(13)15-3)7-8-10(12)14-2/h6H,4-5,7-8H2,1-3H3/b9-6+. The van der Waals surface area contributed by atoms with Crippen molar-refractivity contribution < 1.29 is 19.1 Å². The lowest BCUT2D eigenvalue weighted by atomic mass is 10.1. The summed E-state index contributed by atoms with van der Waals surface area (Å²) in [6, 6.07) is 0. The summed E-state index contributed by atoms with van der Waals surface area (Å²) in [4.78, 5) is 22.2. The lowest BCUT2D eigenvalue weighted by molar-refractivity contribution is -0.140. The first-order valence-electron chi connectivity index (χ1n) is 4.99. The molecule has 0 aliphatic rings. The highest BCUT2D eigenvalue weighted by molar-refractivity contribution is 5.89. The van der Waals surface area contributed by atoms with Gasteiger partial charge < -0.3 is 9.47 Å². The molecule has 0 bridgehead atoms. The van der Waals surface area contributed by atoms with Crippen LogP contribution < -0.4 is 0 Å². The van der Waals surface area contributed by atoms with Crippen molar-refractivity contribution in [1.29, 1.82) is 0 Å². The van der Waals surface area contributed by atoms with Crippen LogP contribution in [0.1, 0.15) is 32.6 Å². The molecule has 4 nitrogen and oxygen atoms in total. The van der Waals surface area contributed by atoms with E-state index in [4.69, 9.17) is 0 Å². The number of ether oxygens (including phenoxy) is 2. The molecule has 0 heterocycles. The molecule has 0 aromatic carbocycles. The Morgan fingerprint density at radius 3 is 2.27 bits per heavy atom. The van der Waals surface area contributed by atoms with Crippen molar-refractivity contribution >= 4 is 11.9 Å². The zero-order valence-corrected chi connectivity index (χ0v) is 9.54. The second kappa shape index (κ2) is 8.03. The van der Waals surface area contributed by atoms with Crippen LogP contribution >= 0.6 is 0 Å². The first-order chi connectivity index (χ1) is 7.15. The van der Waals surface area contributed by atoms with Gasteiger partial charge >= 0.3 is 11.9 Å². The Kier molecular flexibility index (Phi) is 7.32. The fraction of sp³-hybridized carbons (Fsp3) is 0.636. The highest BCUT2D eigenvalue weighted by atomic mass is 16.5. The van der Waals surface area contributed by atoms with E-state index >= 15 is 0 Å². The van der Waals surface area contributed by atoms with E-state index in [9.17, 15) is 9.59 Å².